The normalized spacial score (nSPS) is 17.4. The van der Waals surface area contributed by atoms with Crippen LogP contribution in [-0.4, -0.2) is 42.1 Å². The van der Waals surface area contributed by atoms with Gasteiger partial charge in [0.05, 0.1) is 11.2 Å². The lowest BCUT2D eigenvalue weighted by atomic mass is 9.79. The van der Waals surface area contributed by atoms with Crippen LogP contribution in [0.1, 0.15) is 77.3 Å². The van der Waals surface area contributed by atoms with Gasteiger partial charge in [-0.15, -0.1) is 12.3 Å². The number of fused-ring (bicyclic) bond motifs is 6. The van der Waals surface area contributed by atoms with E-state index >= 15 is 0 Å². The molecule has 0 aliphatic carbocycles. The van der Waals surface area contributed by atoms with Gasteiger partial charge in [-0.2, -0.15) is 13.0 Å². The van der Waals surface area contributed by atoms with Gasteiger partial charge in [0.25, 0.3) is 10.1 Å². The lowest BCUT2D eigenvalue weighted by Gasteiger charge is -2.27. The molecule has 1 N–H and O–H groups in total. The van der Waals surface area contributed by atoms with Crippen molar-refractivity contribution in [3.63, 3.8) is 0 Å². The summed E-state index contributed by atoms with van der Waals surface area (Å²) in [4.78, 5) is 2.33. The monoisotopic (exact) mass is 685 g/mol. The van der Waals surface area contributed by atoms with Crippen molar-refractivity contribution in [3.8, 4) is 12.3 Å². The Balaban J connectivity index is 1.32. The van der Waals surface area contributed by atoms with E-state index in [9.17, 15) is 13.0 Å². The molecule has 0 aromatic heterocycles. The molecule has 0 atom stereocenters. The first-order valence-corrected chi connectivity index (χ1v) is 19.5. The van der Waals surface area contributed by atoms with Crippen molar-refractivity contribution in [2.75, 3.05) is 23.7 Å². The third-order valence-corrected chi connectivity index (χ3v) is 11.3. The summed E-state index contributed by atoms with van der Waals surface area (Å²) < 4.78 is 34.6. The van der Waals surface area contributed by atoms with Crippen molar-refractivity contribution in [2.45, 2.75) is 77.0 Å². The van der Waals surface area contributed by atoms with E-state index in [1.165, 1.54) is 49.8 Å². The minimum absolute atomic E-state index is 0.174. The van der Waals surface area contributed by atoms with Crippen LogP contribution < -0.4 is 4.90 Å². The molecule has 2 aliphatic heterocycles. The molecule has 6 heteroatoms. The minimum Gasteiger partial charge on any atom is -0.344 e. The molecule has 0 unspecified atom stereocenters. The number of allylic oxidation sites excluding steroid dienone is 6. The molecule has 0 amide bonds. The predicted octanol–water partition coefficient (Wildman–Crippen LogP) is 10.0. The van der Waals surface area contributed by atoms with E-state index in [4.69, 9.17) is 6.42 Å². The Hall–Kier alpha value is -4.44. The standard InChI is InChI=1S/C44H48N2O3S/c1-6-7-8-9-17-30-45-37-28-26-33-20-13-15-22-35(33)41(37)43(2,3)39(45)24-11-10-12-25-40-44(4,5)42-36-23-16-14-21-34(36)27-29-38(42)46(40)31-18-19-32-50(47,48)49/h1,10-16,20-29H,7-9,17-19,30-32H2,2-5H3/p+1. The van der Waals surface area contributed by atoms with Gasteiger partial charge in [0.1, 0.15) is 6.54 Å². The third-order valence-electron chi connectivity index (χ3n) is 10.5. The summed E-state index contributed by atoms with van der Waals surface area (Å²) in [6.45, 7) is 10.8. The van der Waals surface area contributed by atoms with Crippen LogP contribution in [0.2, 0.25) is 0 Å². The smallest absolute Gasteiger partial charge is 0.264 e. The number of hydrogen-bond donors (Lipinski definition) is 1. The van der Waals surface area contributed by atoms with Gasteiger partial charge in [0, 0.05) is 53.9 Å². The number of terminal acetylenes is 1. The zero-order chi connectivity index (χ0) is 35.5. The maximum atomic E-state index is 11.4. The summed E-state index contributed by atoms with van der Waals surface area (Å²) in [5.41, 5.74) is 7.13. The second-order valence-electron chi connectivity index (χ2n) is 14.6. The Morgan fingerprint density at radius 2 is 1.46 bits per heavy atom. The molecule has 0 saturated carbocycles. The predicted molar refractivity (Wildman–Crippen MR) is 210 cm³/mol. The van der Waals surface area contributed by atoms with Gasteiger partial charge >= 0.3 is 0 Å². The lowest BCUT2D eigenvalue weighted by Crippen LogP contribution is -2.28. The van der Waals surface area contributed by atoms with Crippen molar-refractivity contribution < 1.29 is 17.5 Å². The van der Waals surface area contributed by atoms with Crippen LogP contribution in [-0.2, 0) is 20.9 Å². The highest BCUT2D eigenvalue weighted by Crippen LogP contribution is 2.51. The van der Waals surface area contributed by atoms with Crippen LogP contribution in [0.5, 0.6) is 0 Å². The SMILES string of the molecule is C#CCCCCC[N+]1=C(/C=C/C=C/C=C2/N(CCCCS(=O)(=O)O)c3ccc4ccccc4c3C2(C)C)C(C)(C)c2c1ccc1ccccc21. The van der Waals surface area contributed by atoms with Gasteiger partial charge in [-0.1, -0.05) is 86.7 Å². The minimum atomic E-state index is -3.99. The maximum Gasteiger partial charge on any atom is 0.264 e. The van der Waals surface area contributed by atoms with Crippen LogP contribution in [0.25, 0.3) is 21.5 Å². The summed E-state index contributed by atoms with van der Waals surface area (Å²) in [6.07, 6.45) is 21.5. The fraction of sp³-hybridized carbons (Fsp3) is 0.341. The van der Waals surface area contributed by atoms with Crippen LogP contribution >= 0.6 is 0 Å². The zero-order valence-electron chi connectivity index (χ0n) is 29.8. The first-order valence-electron chi connectivity index (χ1n) is 17.9. The van der Waals surface area contributed by atoms with Gasteiger partial charge in [-0.05, 0) is 84.8 Å². The Morgan fingerprint density at radius 1 is 0.780 bits per heavy atom. The molecule has 0 bridgehead atoms. The molecule has 0 fully saturated rings. The van der Waals surface area contributed by atoms with Crippen LogP contribution in [0.4, 0.5) is 11.4 Å². The molecule has 0 spiro atoms. The van der Waals surface area contributed by atoms with Gasteiger partial charge in [-0.25, -0.2) is 0 Å². The lowest BCUT2D eigenvalue weighted by molar-refractivity contribution is -0.438. The van der Waals surface area contributed by atoms with Gasteiger partial charge in [0.2, 0.25) is 5.69 Å². The molecule has 0 radical (unpaired) electrons. The Morgan fingerprint density at radius 3 is 2.16 bits per heavy atom. The quantitative estimate of drug-likeness (QED) is 0.0500. The van der Waals surface area contributed by atoms with Crippen LogP contribution in [0, 0.1) is 12.3 Å². The third kappa shape index (κ3) is 6.95. The molecule has 50 heavy (non-hydrogen) atoms. The fourth-order valence-corrected chi connectivity index (χ4v) is 8.71. The average molecular weight is 686 g/mol. The van der Waals surface area contributed by atoms with E-state index in [2.05, 4.69) is 146 Å². The fourth-order valence-electron chi connectivity index (χ4n) is 8.14. The van der Waals surface area contributed by atoms with E-state index in [0.717, 1.165) is 37.9 Å². The maximum absolute atomic E-state index is 11.4. The molecule has 5 nitrogen and oxygen atoms in total. The van der Waals surface area contributed by atoms with Gasteiger partial charge in [0.15, 0.2) is 5.71 Å². The average Bonchev–Trinajstić information content (AvgIpc) is 3.44. The molecule has 2 heterocycles. The Kier molecular flexibility index (Phi) is 10.2. The first-order chi connectivity index (χ1) is 23.9. The van der Waals surface area contributed by atoms with Crippen molar-refractivity contribution in [1.82, 2.24) is 0 Å². The molecule has 2 aliphatic rings. The number of benzene rings is 4. The zero-order valence-corrected chi connectivity index (χ0v) is 30.6. The summed E-state index contributed by atoms with van der Waals surface area (Å²) in [6, 6.07) is 26.1. The second kappa shape index (κ2) is 14.4. The number of rotatable bonds is 13. The van der Waals surface area contributed by atoms with Crippen molar-refractivity contribution in [1.29, 1.82) is 0 Å². The summed E-state index contributed by atoms with van der Waals surface area (Å²) >= 11 is 0. The van der Waals surface area contributed by atoms with E-state index in [-0.39, 0.29) is 16.6 Å². The van der Waals surface area contributed by atoms with Crippen LogP contribution in [0.15, 0.2) is 109 Å². The summed E-state index contributed by atoms with van der Waals surface area (Å²) in [7, 11) is -3.99. The number of nitrogens with zero attached hydrogens (tertiary/aromatic N) is 2. The highest BCUT2D eigenvalue weighted by atomic mass is 32.2. The number of unbranched alkanes of at least 4 members (excludes halogenated alkanes) is 4. The van der Waals surface area contributed by atoms with E-state index in [1.54, 1.807) is 0 Å². The topological polar surface area (TPSA) is 60.6 Å². The molecule has 4 aromatic rings. The molecule has 258 valence electrons. The van der Waals surface area contributed by atoms with Crippen LogP contribution in [0.3, 0.4) is 0 Å². The molecule has 6 rings (SSSR count). The van der Waals surface area contributed by atoms with Crippen molar-refractivity contribution >= 4 is 48.7 Å². The van der Waals surface area contributed by atoms with Gasteiger partial charge in [-0.3, -0.25) is 4.55 Å². The molecular formula is C44H49N2O3S+. The highest BCUT2D eigenvalue weighted by molar-refractivity contribution is 7.85. The van der Waals surface area contributed by atoms with Crippen molar-refractivity contribution in [3.05, 3.63) is 120 Å². The Labute approximate surface area is 298 Å². The molecule has 4 aromatic carbocycles. The van der Waals surface area contributed by atoms with E-state index in [0.29, 0.717) is 19.4 Å². The van der Waals surface area contributed by atoms with E-state index < -0.39 is 10.1 Å². The second-order valence-corrected chi connectivity index (χ2v) is 16.2. The van der Waals surface area contributed by atoms with Crippen molar-refractivity contribution in [2.24, 2.45) is 0 Å². The van der Waals surface area contributed by atoms with E-state index in [1.807, 2.05) is 0 Å². The summed E-state index contributed by atoms with van der Waals surface area (Å²) in [5, 5.41) is 5.01. The Bertz CT molecular complexity index is 2200. The molecule has 0 saturated heterocycles. The number of anilines is 1. The number of hydrogen-bond acceptors (Lipinski definition) is 3. The first kappa shape index (κ1) is 35.4. The molecular weight excluding hydrogens is 637 g/mol. The highest BCUT2D eigenvalue weighted by Gasteiger charge is 2.45. The largest absolute Gasteiger partial charge is 0.344 e. The van der Waals surface area contributed by atoms with Gasteiger partial charge < -0.3 is 4.90 Å². The summed E-state index contributed by atoms with van der Waals surface area (Å²) in [5.74, 6) is 2.55.